The van der Waals surface area contributed by atoms with Gasteiger partial charge in [-0.1, -0.05) is 52.3 Å². The average Bonchev–Trinajstić information content (AvgIpc) is 2.59. The van der Waals surface area contributed by atoms with Gasteiger partial charge in [0.2, 0.25) is 0 Å². The summed E-state index contributed by atoms with van der Waals surface area (Å²) in [6, 6.07) is 15.3. The molecular formula is C19H20BrO3P. The second-order valence-corrected chi connectivity index (χ2v) is 7.17. The van der Waals surface area contributed by atoms with Crippen LogP contribution in [-0.4, -0.2) is 23.0 Å². The van der Waals surface area contributed by atoms with E-state index in [0.717, 1.165) is 28.2 Å². The van der Waals surface area contributed by atoms with Crippen LogP contribution >= 0.6 is 25.2 Å². The third kappa shape index (κ3) is 5.25. The second-order valence-electron chi connectivity index (χ2n) is 5.68. The first kappa shape index (κ1) is 18.8. The lowest BCUT2D eigenvalue weighted by molar-refractivity contribution is -0.141. The zero-order chi connectivity index (χ0) is 17.5. The molecule has 2 aromatic rings. The molecule has 2 unspecified atom stereocenters. The number of Topliss-reactive ketones (excluding diaryl/α,β-unsaturated/α-hetero) is 1. The minimum Gasteiger partial charge on any atom is -0.481 e. The fourth-order valence-electron chi connectivity index (χ4n) is 2.51. The summed E-state index contributed by atoms with van der Waals surface area (Å²) in [7, 11) is 2.58. The normalized spacial score (nSPS) is 11.9. The van der Waals surface area contributed by atoms with Crippen LogP contribution in [0.5, 0.6) is 0 Å². The summed E-state index contributed by atoms with van der Waals surface area (Å²) in [5, 5.41) is 9.25. The molecule has 0 fully saturated rings. The maximum absolute atomic E-state index is 12.3. The Bertz CT molecular complexity index is 696. The summed E-state index contributed by atoms with van der Waals surface area (Å²) in [6.07, 6.45) is 2.22. The SMILES string of the molecule is O=C(CC(CCCP)C(=O)O)c1ccc(-c2ccc(Br)cc2)cc1. The van der Waals surface area contributed by atoms with Crippen molar-refractivity contribution in [2.75, 3.05) is 6.16 Å². The molecule has 0 bridgehead atoms. The van der Waals surface area contributed by atoms with Crippen molar-refractivity contribution in [3.8, 4) is 11.1 Å². The molecule has 0 aliphatic carbocycles. The Balaban J connectivity index is 2.07. The third-order valence-electron chi connectivity index (χ3n) is 3.92. The van der Waals surface area contributed by atoms with Crippen LogP contribution in [0.25, 0.3) is 11.1 Å². The van der Waals surface area contributed by atoms with Gasteiger partial charge in [0.05, 0.1) is 5.92 Å². The van der Waals surface area contributed by atoms with Gasteiger partial charge in [-0.2, -0.15) is 0 Å². The fourth-order valence-corrected chi connectivity index (χ4v) is 3.01. The molecule has 2 rings (SSSR count). The van der Waals surface area contributed by atoms with E-state index in [1.165, 1.54) is 0 Å². The van der Waals surface area contributed by atoms with Crippen LogP contribution in [-0.2, 0) is 4.79 Å². The molecule has 2 atom stereocenters. The van der Waals surface area contributed by atoms with Crippen LogP contribution in [0, 0.1) is 5.92 Å². The molecule has 0 saturated heterocycles. The van der Waals surface area contributed by atoms with Crippen LogP contribution in [0.2, 0.25) is 0 Å². The predicted octanol–water partition coefficient (Wildman–Crippen LogP) is 5.05. The Hall–Kier alpha value is -1.51. The summed E-state index contributed by atoms with van der Waals surface area (Å²) in [4.78, 5) is 23.6. The number of benzene rings is 2. The van der Waals surface area contributed by atoms with Gasteiger partial charge >= 0.3 is 5.97 Å². The van der Waals surface area contributed by atoms with Crippen molar-refractivity contribution in [2.45, 2.75) is 19.3 Å². The number of carbonyl (C=O) groups is 2. The number of halogens is 1. The van der Waals surface area contributed by atoms with Crippen molar-refractivity contribution in [3.05, 3.63) is 58.6 Å². The van der Waals surface area contributed by atoms with Crippen LogP contribution < -0.4 is 0 Å². The first-order valence-electron chi connectivity index (χ1n) is 7.83. The van der Waals surface area contributed by atoms with Crippen molar-refractivity contribution < 1.29 is 14.7 Å². The van der Waals surface area contributed by atoms with Crippen molar-refractivity contribution in [1.82, 2.24) is 0 Å². The zero-order valence-electron chi connectivity index (χ0n) is 13.2. The Morgan fingerprint density at radius 2 is 1.54 bits per heavy atom. The second kappa shape index (κ2) is 9.10. The molecule has 126 valence electrons. The minimum atomic E-state index is -0.895. The van der Waals surface area contributed by atoms with E-state index in [2.05, 4.69) is 25.2 Å². The van der Waals surface area contributed by atoms with Gasteiger partial charge in [-0.25, -0.2) is 0 Å². The van der Waals surface area contributed by atoms with Gasteiger partial charge in [0.1, 0.15) is 0 Å². The molecule has 0 saturated carbocycles. The zero-order valence-corrected chi connectivity index (χ0v) is 16.0. The molecule has 24 heavy (non-hydrogen) atoms. The van der Waals surface area contributed by atoms with Crippen molar-refractivity contribution in [1.29, 1.82) is 0 Å². The van der Waals surface area contributed by atoms with Gasteiger partial charge in [-0.05, 0) is 42.3 Å². The lowest BCUT2D eigenvalue weighted by Gasteiger charge is -2.11. The number of hydrogen-bond donors (Lipinski definition) is 1. The number of carboxylic acid groups (broad SMARTS) is 1. The molecule has 3 nitrogen and oxygen atoms in total. The molecule has 0 amide bonds. The molecular weight excluding hydrogens is 387 g/mol. The lowest BCUT2D eigenvalue weighted by Crippen LogP contribution is -2.18. The summed E-state index contributed by atoms with van der Waals surface area (Å²) in [5.74, 6) is -1.62. The van der Waals surface area contributed by atoms with Gasteiger partial charge in [0.25, 0.3) is 0 Å². The monoisotopic (exact) mass is 406 g/mol. The largest absolute Gasteiger partial charge is 0.481 e. The van der Waals surface area contributed by atoms with Gasteiger partial charge in [0, 0.05) is 16.5 Å². The fraction of sp³-hybridized carbons (Fsp3) is 0.263. The van der Waals surface area contributed by atoms with E-state index in [1.807, 2.05) is 36.4 Å². The van der Waals surface area contributed by atoms with Gasteiger partial charge < -0.3 is 5.11 Å². The third-order valence-corrected chi connectivity index (χ3v) is 4.86. The highest BCUT2D eigenvalue weighted by Crippen LogP contribution is 2.23. The minimum absolute atomic E-state index is 0.0532. The van der Waals surface area contributed by atoms with E-state index >= 15 is 0 Å². The molecule has 0 radical (unpaired) electrons. The first-order valence-corrected chi connectivity index (χ1v) is 9.44. The summed E-state index contributed by atoms with van der Waals surface area (Å²) < 4.78 is 1.02. The van der Waals surface area contributed by atoms with Gasteiger partial charge in [-0.3, -0.25) is 9.59 Å². The van der Waals surface area contributed by atoms with E-state index in [0.29, 0.717) is 12.0 Å². The number of aliphatic carboxylic acids is 1. The van der Waals surface area contributed by atoms with E-state index in [9.17, 15) is 14.7 Å². The van der Waals surface area contributed by atoms with Crippen LogP contribution in [0.4, 0.5) is 0 Å². The van der Waals surface area contributed by atoms with Crippen molar-refractivity contribution in [2.24, 2.45) is 5.92 Å². The molecule has 2 aromatic carbocycles. The van der Waals surface area contributed by atoms with Crippen molar-refractivity contribution in [3.63, 3.8) is 0 Å². The maximum Gasteiger partial charge on any atom is 0.306 e. The lowest BCUT2D eigenvalue weighted by atomic mass is 9.93. The Kier molecular flexibility index (Phi) is 7.14. The standard InChI is InChI=1S/C19H20BrO3P/c20-17-9-7-14(8-10-17)13-3-5-15(6-4-13)18(21)12-16(19(22)23)2-1-11-24/h3-10,16H,1-2,11-12,24H2,(H,22,23). The summed E-state index contributed by atoms with van der Waals surface area (Å²) in [5.41, 5.74) is 2.66. The van der Waals surface area contributed by atoms with Gasteiger partial charge in [0.15, 0.2) is 5.78 Å². The molecule has 0 heterocycles. The highest BCUT2D eigenvalue weighted by Gasteiger charge is 2.21. The first-order chi connectivity index (χ1) is 11.5. The van der Waals surface area contributed by atoms with E-state index in [-0.39, 0.29) is 12.2 Å². The van der Waals surface area contributed by atoms with E-state index in [4.69, 9.17) is 0 Å². The predicted molar refractivity (Wildman–Crippen MR) is 103 cm³/mol. The topological polar surface area (TPSA) is 54.4 Å². The molecule has 0 aliphatic heterocycles. The van der Waals surface area contributed by atoms with E-state index < -0.39 is 11.9 Å². The molecule has 1 N–H and O–H groups in total. The Morgan fingerprint density at radius 1 is 1.00 bits per heavy atom. The smallest absolute Gasteiger partial charge is 0.306 e. The number of hydrogen-bond acceptors (Lipinski definition) is 2. The van der Waals surface area contributed by atoms with Crippen LogP contribution in [0.15, 0.2) is 53.0 Å². The number of carboxylic acids is 1. The average molecular weight is 407 g/mol. The molecule has 0 spiro atoms. The van der Waals surface area contributed by atoms with Crippen LogP contribution in [0.3, 0.4) is 0 Å². The Morgan fingerprint density at radius 3 is 2.04 bits per heavy atom. The highest BCUT2D eigenvalue weighted by molar-refractivity contribution is 9.10. The highest BCUT2D eigenvalue weighted by atomic mass is 79.9. The quantitative estimate of drug-likeness (QED) is 0.493. The van der Waals surface area contributed by atoms with Gasteiger partial charge in [-0.15, -0.1) is 9.24 Å². The summed E-state index contributed by atoms with van der Waals surface area (Å²) >= 11 is 3.41. The number of rotatable bonds is 8. The number of carbonyl (C=O) groups excluding carboxylic acids is 1. The summed E-state index contributed by atoms with van der Waals surface area (Å²) in [6.45, 7) is 0. The Labute approximate surface area is 152 Å². The van der Waals surface area contributed by atoms with Crippen LogP contribution in [0.1, 0.15) is 29.6 Å². The van der Waals surface area contributed by atoms with Crippen molar-refractivity contribution >= 4 is 36.9 Å². The maximum atomic E-state index is 12.3. The molecule has 0 aromatic heterocycles. The molecule has 5 heteroatoms. The molecule has 0 aliphatic rings. The number of ketones is 1. The van der Waals surface area contributed by atoms with E-state index in [1.54, 1.807) is 12.1 Å².